The van der Waals surface area contributed by atoms with Crippen LogP contribution in [0.3, 0.4) is 0 Å². The van der Waals surface area contributed by atoms with Gasteiger partial charge in [-0.1, -0.05) is 11.6 Å². The monoisotopic (exact) mass is 299 g/mol. The Morgan fingerprint density at radius 1 is 1.27 bits per heavy atom. The fourth-order valence-corrected chi connectivity index (χ4v) is 3.50. The zero-order chi connectivity index (χ0) is 15.7. The van der Waals surface area contributed by atoms with Gasteiger partial charge < -0.3 is 10.0 Å². The average molecular weight is 299 g/mol. The molecule has 0 saturated carbocycles. The van der Waals surface area contributed by atoms with E-state index in [2.05, 4.69) is 53.9 Å². The number of pyridine rings is 1. The van der Waals surface area contributed by atoms with Crippen molar-refractivity contribution in [2.75, 3.05) is 38.2 Å². The van der Waals surface area contributed by atoms with Crippen molar-refractivity contribution in [1.29, 1.82) is 0 Å². The third-order valence-corrected chi connectivity index (χ3v) is 4.74. The highest BCUT2D eigenvalue weighted by Gasteiger charge is 2.25. The summed E-state index contributed by atoms with van der Waals surface area (Å²) in [5.41, 5.74) is 4.88. The highest BCUT2D eigenvalue weighted by molar-refractivity contribution is 5.94. The van der Waals surface area contributed by atoms with Gasteiger partial charge in [0.05, 0.1) is 5.52 Å². The van der Waals surface area contributed by atoms with E-state index in [1.807, 2.05) is 6.20 Å². The minimum atomic E-state index is 0.248. The fourth-order valence-electron chi connectivity index (χ4n) is 3.50. The van der Waals surface area contributed by atoms with Crippen LogP contribution in [0.25, 0.3) is 10.9 Å². The molecule has 1 atom stereocenters. The molecule has 1 N–H and O–H groups in total. The molecule has 1 fully saturated rings. The zero-order valence-electron chi connectivity index (χ0n) is 13.7. The SMILES string of the molecule is Cc1cc(C)c2nccc(N3CCN(C)[C@H](CCO)C3)c2c1. The van der Waals surface area contributed by atoms with Crippen LogP contribution in [0.1, 0.15) is 17.5 Å². The van der Waals surface area contributed by atoms with Crippen LogP contribution in [0.4, 0.5) is 5.69 Å². The number of hydrogen-bond acceptors (Lipinski definition) is 4. The summed E-state index contributed by atoms with van der Waals surface area (Å²) in [6, 6.07) is 6.97. The van der Waals surface area contributed by atoms with Crippen LogP contribution in [0, 0.1) is 13.8 Å². The third kappa shape index (κ3) is 2.81. The van der Waals surface area contributed by atoms with Gasteiger partial charge in [-0.25, -0.2) is 0 Å². The first-order valence-corrected chi connectivity index (χ1v) is 8.02. The lowest BCUT2D eigenvalue weighted by Gasteiger charge is -2.41. The van der Waals surface area contributed by atoms with E-state index in [9.17, 15) is 5.11 Å². The van der Waals surface area contributed by atoms with Crippen LogP contribution in [0.2, 0.25) is 0 Å². The standard InChI is InChI=1S/C18H25N3O/c1-13-10-14(2)18-16(11-13)17(4-6-19-18)21-8-7-20(3)15(12-21)5-9-22/h4,6,10-11,15,22H,5,7-9,12H2,1-3H3/t15-/m1/s1. The molecule has 0 bridgehead atoms. The maximum Gasteiger partial charge on any atom is 0.0752 e. The summed E-state index contributed by atoms with van der Waals surface area (Å²) < 4.78 is 0. The minimum absolute atomic E-state index is 0.248. The van der Waals surface area contributed by atoms with Crippen molar-refractivity contribution < 1.29 is 5.11 Å². The topological polar surface area (TPSA) is 39.6 Å². The van der Waals surface area contributed by atoms with Crippen molar-refractivity contribution in [3.05, 3.63) is 35.5 Å². The average Bonchev–Trinajstić information content (AvgIpc) is 2.49. The van der Waals surface area contributed by atoms with Gasteiger partial charge in [-0.05, 0) is 45.0 Å². The van der Waals surface area contributed by atoms with Gasteiger partial charge in [0.25, 0.3) is 0 Å². The number of aromatic nitrogens is 1. The van der Waals surface area contributed by atoms with Gasteiger partial charge in [-0.3, -0.25) is 9.88 Å². The number of aliphatic hydroxyl groups is 1. The largest absolute Gasteiger partial charge is 0.396 e. The van der Waals surface area contributed by atoms with Crippen LogP contribution in [0.5, 0.6) is 0 Å². The number of rotatable bonds is 3. The van der Waals surface area contributed by atoms with Gasteiger partial charge in [0, 0.05) is 49.6 Å². The second kappa shape index (κ2) is 6.23. The molecular formula is C18H25N3O. The predicted molar refractivity (Wildman–Crippen MR) is 91.6 cm³/mol. The van der Waals surface area contributed by atoms with Crippen molar-refractivity contribution in [1.82, 2.24) is 9.88 Å². The predicted octanol–water partition coefficient (Wildman–Crippen LogP) is 2.35. The van der Waals surface area contributed by atoms with E-state index < -0.39 is 0 Å². The normalized spacial score (nSPS) is 19.8. The van der Waals surface area contributed by atoms with Crippen LogP contribution < -0.4 is 4.90 Å². The minimum Gasteiger partial charge on any atom is -0.396 e. The molecule has 4 heteroatoms. The van der Waals surface area contributed by atoms with E-state index in [1.165, 1.54) is 22.2 Å². The van der Waals surface area contributed by atoms with Crippen LogP contribution in [-0.4, -0.2) is 54.3 Å². The van der Waals surface area contributed by atoms with Crippen molar-refractivity contribution in [2.45, 2.75) is 26.3 Å². The van der Waals surface area contributed by atoms with E-state index in [4.69, 9.17) is 0 Å². The van der Waals surface area contributed by atoms with Gasteiger partial charge in [-0.15, -0.1) is 0 Å². The zero-order valence-corrected chi connectivity index (χ0v) is 13.7. The number of aryl methyl sites for hydroxylation is 2. The maximum absolute atomic E-state index is 9.28. The first-order chi connectivity index (χ1) is 10.6. The number of hydrogen-bond donors (Lipinski definition) is 1. The third-order valence-electron chi connectivity index (χ3n) is 4.74. The van der Waals surface area contributed by atoms with Crippen LogP contribution >= 0.6 is 0 Å². The Labute approximate surface area is 132 Å². The first-order valence-electron chi connectivity index (χ1n) is 8.02. The summed E-state index contributed by atoms with van der Waals surface area (Å²) in [4.78, 5) is 9.37. The number of fused-ring (bicyclic) bond motifs is 1. The van der Waals surface area contributed by atoms with Gasteiger partial charge >= 0.3 is 0 Å². The van der Waals surface area contributed by atoms with Gasteiger partial charge in [0.15, 0.2) is 0 Å². The number of likely N-dealkylation sites (N-methyl/N-ethyl adjacent to an activating group) is 1. The number of benzene rings is 1. The number of piperazine rings is 1. The Bertz CT molecular complexity index is 671. The highest BCUT2D eigenvalue weighted by Crippen LogP contribution is 2.30. The lowest BCUT2D eigenvalue weighted by Crippen LogP contribution is -2.51. The summed E-state index contributed by atoms with van der Waals surface area (Å²) in [6.07, 6.45) is 2.74. The molecule has 0 amide bonds. The Morgan fingerprint density at radius 2 is 2.09 bits per heavy atom. The lowest BCUT2D eigenvalue weighted by atomic mass is 10.0. The molecular weight excluding hydrogens is 274 g/mol. The van der Waals surface area contributed by atoms with E-state index in [0.29, 0.717) is 6.04 Å². The van der Waals surface area contributed by atoms with Gasteiger partial charge in [-0.2, -0.15) is 0 Å². The molecule has 118 valence electrons. The molecule has 1 aromatic heterocycles. The quantitative estimate of drug-likeness (QED) is 0.944. The van der Waals surface area contributed by atoms with Crippen LogP contribution in [0.15, 0.2) is 24.4 Å². The molecule has 2 heterocycles. The second-order valence-corrected chi connectivity index (χ2v) is 6.40. The number of aliphatic hydroxyl groups excluding tert-OH is 1. The van der Waals surface area contributed by atoms with Gasteiger partial charge in [0.2, 0.25) is 0 Å². The molecule has 0 spiro atoms. The lowest BCUT2D eigenvalue weighted by molar-refractivity contribution is 0.171. The molecule has 0 unspecified atom stereocenters. The summed E-state index contributed by atoms with van der Waals surface area (Å²) in [5, 5.41) is 10.5. The smallest absolute Gasteiger partial charge is 0.0752 e. The van der Waals surface area contributed by atoms with E-state index >= 15 is 0 Å². The Hall–Kier alpha value is -1.65. The van der Waals surface area contributed by atoms with E-state index in [1.54, 1.807) is 0 Å². The Kier molecular flexibility index (Phi) is 4.32. The van der Waals surface area contributed by atoms with Crippen molar-refractivity contribution in [3.8, 4) is 0 Å². The second-order valence-electron chi connectivity index (χ2n) is 6.40. The molecule has 0 aliphatic carbocycles. The fraction of sp³-hybridized carbons (Fsp3) is 0.500. The highest BCUT2D eigenvalue weighted by atomic mass is 16.3. The van der Waals surface area contributed by atoms with Gasteiger partial charge in [0.1, 0.15) is 0 Å². The Balaban J connectivity index is 1.99. The van der Waals surface area contributed by atoms with E-state index in [-0.39, 0.29) is 6.61 Å². The summed E-state index contributed by atoms with van der Waals surface area (Å²) in [6.45, 7) is 7.53. The molecule has 0 radical (unpaired) electrons. The first kappa shape index (κ1) is 15.3. The van der Waals surface area contributed by atoms with Crippen molar-refractivity contribution in [3.63, 3.8) is 0 Å². The molecule has 1 saturated heterocycles. The number of nitrogens with zero attached hydrogens (tertiary/aromatic N) is 3. The number of anilines is 1. The summed E-state index contributed by atoms with van der Waals surface area (Å²) in [5.74, 6) is 0. The molecule has 1 aliphatic rings. The molecule has 22 heavy (non-hydrogen) atoms. The molecule has 4 nitrogen and oxygen atoms in total. The summed E-state index contributed by atoms with van der Waals surface area (Å²) >= 11 is 0. The molecule has 1 aliphatic heterocycles. The van der Waals surface area contributed by atoms with Crippen molar-refractivity contribution >= 4 is 16.6 Å². The van der Waals surface area contributed by atoms with E-state index in [0.717, 1.165) is 31.6 Å². The van der Waals surface area contributed by atoms with Crippen molar-refractivity contribution in [2.24, 2.45) is 0 Å². The maximum atomic E-state index is 9.28. The van der Waals surface area contributed by atoms with Crippen LogP contribution in [-0.2, 0) is 0 Å². The molecule has 1 aromatic carbocycles. The molecule has 3 rings (SSSR count). The summed E-state index contributed by atoms with van der Waals surface area (Å²) in [7, 11) is 2.15. The Morgan fingerprint density at radius 3 is 2.86 bits per heavy atom. The molecule has 2 aromatic rings.